The molecular weight excluding hydrogens is 256 g/mol. The molecule has 2 rings (SSSR count). The first-order valence-electron chi connectivity index (χ1n) is 6.44. The van der Waals surface area contributed by atoms with Gasteiger partial charge < -0.3 is 4.74 Å². The van der Waals surface area contributed by atoms with E-state index in [4.69, 9.17) is 16.3 Å². The Bertz CT molecular complexity index is 546. The molecule has 0 aliphatic rings. The van der Waals surface area contributed by atoms with Crippen molar-refractivity contribution >= 4 is 11.6 Å². The maximum absolute atomic E-state index is 6.51. The molecule has 100 valence electrons. The van der Waals surface area contributed by atoms with Crippen LogP contribution in [0.2, 0.25) is 0 Å². The number of benzene rings is 2. The maximum Gasteiger partial charge on any atom is 0.118 e. The van der Waals surface area contributed by atoms with E-state index in [2.05, 4.69) is 44.2 Å². The molecule has 1 unspecified atom stereocenters. The van der Waals surface area contributed by atoms with Crippen molar-refractivity contribution < 1.29 is 4.74 Å². The fourth-order valence-corrected chi connectivity index (χ4v) is 2.36. The summed E-state index contributed by atoms with van der Waals surface area (Å²) in [4.78, 5) is 0. The number of hydrogen-bond donors (Lipinski definition) is 0. The van der Waals surface area contributed by atoms with Crippen molar-refractivity contribution in [3.8, 4) is 5.75 Å². The molecule has 0 aliphatic heterocycles. The predicted octanol–water partition coefficient (Wildman–Crippen LogP) is 4.83. The van der Waals surface area contributed by atoms with Crippen LogP contribution in [-0.2, 0) is 6.42 Å². The van der Waals surface area contributed by atoms with Crippen LogP contribution in [-0.4, -0.2) is 7.11 Å². The lowest BCUT2D eigenvalue weighted by molar-refractivity contribution is 0.414. The highest BCUT2D eigenvalue weighted by atomic mass is 35.5. The number of halogens is 1. The molecule has 19 heavy (non-hydrogen) atoms. The third kappa shape index (κ3) is 3.51. The third-order valence-electron chi connectivity index (χ3n) is 3.47. The summed E-state index contributed by atoms with van der Waals surface area (Å²) in [5.41, 5.74) is 4.99. The van der Waals surface area contributed by atoms with E-state index in [1.807, 2.05) is 12.1 Å². The van der Waals surface area contributed by atoms with Gasteiger partial charge in [-0.3, -0.25) is 0 Å². The summed E-state index contributed by atoms with van der Waals surface area (Å²) in [5, 5.41) is 0.00712. The maximum atomic E-state index is 6.51. The number of methoxy groups -OCH3 is 1. The minimum atomic E-state index is 0.00712. The molecule has 0 bridgehead atoms. The molecule has 2 heteroatoms. The van der Waals surface area contributed by atoms with Gasteiger partial charge in [0, 0.05) is 0 Å². The van der Waals surface area contributed by atoms with Gasteiger partial charge in [-0.2, -0.15) is 0 Å². The Morgan fingerprint density at radius 3 is 2.26 bits per heavy atom. The first kappa shape index (κ1) is 14.0. The second-order valence-corrected chi connectivity index (χ2v) is 5.39. The van der Waals surface area contributed by atoms with Crippen LogP contribution in [0.1, 0.15) is 27.6 Å². The molecule has 0 spiro atoms. The smallest absolute Gasteiger partial charge is 0.118 e. The first-order valence-corrected chi connectivity index (χ1v) is 6.88. The van der Waals surface area contributed by atoms with Crippen molar-refractivity contribution in [3.05, 3.63) is 64.7 Å². The summed E-state index contributed by atoms with van der Waals surface area (Å²) in [7, 11) is 1.68. The average Bonchev–Trinajstić information content (AvgIpc) is 2.42. The van der Waals surface area contributed by atoms with Crippen LogP contribution in [0.25, 0.3) is 0 Å². The van der Waals surface area contributed by atoms with Gasteiger partial charge in [-0.05, 0) is 54.7 Å². The van der Waals surface area contributed by atoms with Crippen LogP contribution in [0.3, 0.4) is 0 Å². The Morgan fingerprint density at radius 2 is 1.68 bits per heavy atom. The van der Waals surface area contributed by atoms with E-state index in [9.17, 15) is 0 Å². The molecule has 2 aromatic carbocycles. The lowest BCUT2D eigenvalue weighted by Gasteiger charge is -2.12. The molecule has 1 nitrogen and oxygen atoms in total. The number of alkyl halides is 1. The van der Waals surface area contributed by atoms with Crippen LogP contribution < -0.4 is 4.74 Å². The van der Waals surface area contributed by atoms with Crippen LogP contribution in [0, 0.1) is 13.8 Å². The molecule has 2 aromatic rings. The fourth-order valence-electron chi connectivity index (χ4n) is 2.05. The second kappa shape index (κ2) is 6.12. The molecule has 0 fully saturated rings. The fraction of sp³-hybridized carbons (Fsp3) is 0.294. The number of rotatable bonds is 4. The minimum Gasteiger partial charge on any atom is -0.497 e. The highest BCUT2D eigenvalue weighted by molar-refractivity contribution is 6.20. The summed E-state index contributed by atoms with van der Waals surface area (Å²) in [5.74, 6) is 0.876. The third-order valence-corrected chi connectivity index (χ3v) is 3.87. The zero-order chi connectivity index (χ0) is 13.8. The van der Waals surface area contributed by atoms with Crippen LogP contribution in [0.15, 0.2) is 42.5 Å². The summed E-state index contributed by atoms with van der Waals surface area (Å²) in [6.07, 6.45) is 0.827. The monoisotopic (exact) mass is 274 g/mol. The molecule has 0 heterocycles. The highest BCUT2D eigenvalue weighted by Gasteiger charge is 2.10. The molecule has 0 radical (unpaired) electrons. The molecule has 0 saturated carbocycles. The van der Waals surface area contributed by atoms with Gasteiger partial charge in [0.2, 0.25) is 0 Å². The lowest BCUT2D eigenvalue weighted by atomic mass is 10.00. The van der Waals surface area contributed by atoms with Crippen LogP contribution in [0.4, 0.5) is 0 Å². The zero-order valence-corrected chi connectivity index (χ0v) is 12.4. The van der Waals surface area contributed by atoms with Crippen molar-refractivity contribution in [2.75, 3.05) is 7.11 Å². The zero-order valence-electron chi connectivity index (χ0n) is 11.6. The van der Waals surface area contributed by atoms with Gasteiger partial charge in [0.1, 0.15) is 5.75 Å². The highest BCUT2D eigenvalue weighted by Crippen LogP contribution is 2.27. The molecule has 0 amide bonds. The summed E-state index contributed by atoms with van der Waals surface area (Å²) >= 11 is 6.51. The Balaban J connectivity index is 2.10. The number of hydrogen-bond acceptors (Lipinski definition) is 1. The van der Waals surface area contributed by atoms with E-state index in [0.717, 1.165) is 12.2 Å². The quantitative estimate of drug-likeness (QED) is 0.725. The number of ether oxygens (including phenoxy) is 1. The van der Waals surface area contributed by atoms with Gasteiger partial charge in [0.05, 0.1) is 12.5 Å². The molecular formula is C17H19ClO. The Morgan fingerprint density at radius 1 is 1.00 bits per heavy atom. The average molecular weight is 275 g/mol. The normalized spacial score (nSPS) is 12.2. The van der Waals surface area contributed by atoms with Crippen LogP contribution in [0.5, 0.6) is 5.75 Å². The second-order valence-electron chi connectivity index (χ2n) is 4.86. The summed E-state index contributed by atoms with van der Waals surface area (Å²) < 4.78 is 5.15. The molecule has 0 N–H and O–H groups in total. The van der Waals surface area contributed by atoms with Crippen molar-refractivity contribution in [1.29, 1.82) is 0 Å². The van der Waals surface area contributed by atoms with E-state index in [1.54, 1.807) is 7.11 Å². The van der Waals surface area contributed by atoms with Crippen molar-refractivity contribution in [3.63, 3.8) is 0 Å². The van der Waals surface area contributed by atoms with Gasteiger partial charge >= 0.3 is 0 Å². The molecule has 0 saturated heterocycles. The lowest BCUT2D eigenvalue weighted by Crippen LogP contribution is -1.97. The van der Waals surface area contributed by atoms with Gasteiger partial charge in [-0.1, -0.05) is 30.3 Å². The molecule has 0 aliphatic carbocycles. The van der Waals surface area contributed by atoms with Crippen molar-refractivity contribution in [2.24, 2.45) is 0 Å². The first-order chi connectivity index (χ1) is 9.10. The topological polar surface area (TPSA) is 9.23 Å². The van der Waals surface area contributed by atoms with Gasteiger partial charge in [-0.15, -0.1) is 11.6 Å². The standard InChI is InChI=1S/C17H19ClO/c1-12-4-7-15(10-13(12)2)17(18)11-14-5-8-16(19-3)9-6-14/h4-10,17H,11H2,1-3H3. The van der Waals surface area contributed by atoms with Gasteiger partial charge in [-0.25, -0.2) is 0 Å². The van der Waals surface area contributed by atoms with Crippen molar-refractivity contribution in [2.45, 2.75) is 25.6 Å². The summed E-state index contributed by atoms with van der Waals surface area (Å²) in [6, 6.07) is 14.5. The Hall–Kier alpha value is -1.47. The van der Waals surface area contributed by atoms with E-state index in [-0.39, 0.29) is 5.38 Å². The van der Waals surface area contributed by atoms with E-state index in [0.29, 0.717) is 0 Å². The van der Waals surface area contributed by atoms with Crippen LogP contribution >= 0.6 is 11.6 Å². The Labute approximate surface area is 120 Å². The Kier molecular flexibility index (Phi) is 4.49. The number of aryl methyl sites for hydroxylation is 2. The summed E-state index contributed by atoms with van der Waals surface area (Å²) in [6.45, 7) is 4.24. The largest absolute Gasteiger partial charge is 0.497 e. The SMILES string of the molecule is COc1ccc(CC(Cl)c2ccc(C)c(C)c2)cc1. The molecule has 0 aromatic heterocycles. The predicted molar refractivity (Wildman–Crippen MR) is 81.2 cm³/mol. The van der Waals surface area contributed by atoms with Gasteiger partial charge in [0.15, 0.2) is 0 Å². The van der Waals surface area contributed by atoms with Crippen molar-refractivity contribution in [1.82, 2.24) is 0 Å². The molecule has 1 atom stereocenters. The van der Waals surface area contributed by atoms with E-state index in [1.165, 1.54) is 22.3 Å². The van der Waals surface area contributed by atoms with E-state index >= 15 is 0 Å². The van der Waals surface area contributed by atoms with Gasteiger partial charge in [0.25, 0.3) is 0 Å². The minimum absolute atomic E-state index is 0.00712. The van der Waals surface area contributed by atoms with E-state index < -0.39 is 0 Å².